The molecule has 60 valence electrons. The fraction of sp³-hybridized carbons (Fsp3) is 1.00. The normalized spacial score (nSPS) is 10.2. The highest BCUT2D eigenvalue weighted by molar-refractivity contribution is 6.26. The Hall–Kier alpha value is 0.177. The van der Waals surface area contributed by atoms with Crippen LogP contribution in [0.1, 0.15) is 39.5 Å². The van der Waals surface area contributed by atoms with Crippen molar-refractivity contribution in [2.75, 3.05) is 6.61 Å². The smallest absolute Gasteiger partial charge is 0.229 e. The lowest BCUT2D eigenvalue weighted by molar-refractivity contribution is 0.358. The molecule has 0 aromatic rings. The summed E-state index contributed by atoms with van der Waals surface area (Å²) >= 11 is 0. The van der Waals surface area contributed by atoms with Crippen LogP contribution in [0.15, 0.2) is 0 Å². The molecule has 0 aromatic heterocycles. The Bertz CT molecular complexity index is 49.2. The molecule has 0 amide bonds. The van der Waals surface area contributed by atoms with Crippen LogP contribution in [-0.2, 0) is 4.43 Å². The number of hydrogen-bond acceptors (Lipinski definition) is 1. The van der Waals surface area contributed by atoms with Crippen molar-refractivity contribution < 1.29 is 4.43 Å². The van der Waals surface area contributed by atoms with Gasteiger partial charge in [0.2, 0.25) is 9.76 Å². The summed E-state index contributed by atoms with van der Waals surface area (Å²) in [4.78, 5) is 0. The lowest BCUT2D eigenvalue weighted by Gasteiger charge is -1.97. The number of rotatable bonds is 7. The van der Waals surface area contributed by atoms with E-state index in [2.05, 4.69) is 13.8 Å². The SMILES string of the molecule is CCCCCC[Si]OCC. The Morgan fingerprint density at radius 1 is 1.10 bits per heavy atom. The van der Waals surface area contributed by atoms with Crippen molar-refractivity contribution in [3.63, 3.8) is 0 Å². The average Bonchev–Trinajstić information content (AvgIpc) is 1.97. The second-order valence-electron chi connectivity index (χ2n) is 2.39. The third-order valence-electron chi connectivity index (χ3n) is 1.38. The van der Waals surface area contributed by atoms with Crippen molar-refractivity contribution in [3.8, 4) is 0 Å². The molecule has 0 bridgehead atoms. The Morgan fingerprint density at radius 3 is 2.50 bits per heavy atom. The zero-order valence-electron chi connectivity index (χ0n) is 7.15. The molecule has 1 nitrogen and oxygen atoms in total. The summed E-state index contributed by atoms with van der Waals surface area (Å²) < 4.78 is 5.24. The van der Waals surface area contributed by atoms with Crippen LogP contribution in [0.4, 0.5) is 0 Å². The van der Waals surface area contributed by atoms with E-state index in [1.807, 2.05) is 0 Å². The van der Waals surface area contributed by atoms with E-state index in [4.69, 9.17) is 4.43 Å². The quantitative estimate of drug-likeness (QED) is 0.409. The molecule has 10 heavy (non-hydrogen) atoms. The topological polar surface area (TPSA) is 9.23 Å². The van der Waals surface area contributed by atoms with E-state index < -0.39 is 0 Å². The van der Waals surface area contributed by atoms with Crippen LogP contribution in [0.2, 0.25) is 6.04 Å². The zero-order chi connectivity index (χ0) is 7.66. The minimum Gasteiger partial charge on any atom is -0.418 e. The molecule has 2 heteroatoms. The Balaban J connectivity index is 2.65. The van der Waals surface area contributed by atoms with Crippen LogP contribution in [0.5, 0.6) is 0 Å². The minimum absolute atomic E-state index is 0.744. The maximum Gasteiger partial charge on any atom is 0.229 e. The van der Waals surface area contributed by atoms with Gasteiger partial charge in [-0.25, -0.2) is 0 Å². The van der Waals surface area contributed by atoms with Crippen molar-refractivity contribution in [2.45, 2.75) is 45.6 Å². The summed E-state index contributed by atoms with van der Waals surface area (Å²) in [6, 6.07) is 1.27. The molecule has 0 N–H and O–H groups in total. The molecule has 0 saturated heterocycles. The third kappa shape index (κ3) is 8.18. The second kappa shape index (κ2) is 9.18. The molecule has 0 aromatic carbocycles. The van der Waals surface area contributed by atoms with Gasteiger partial charge >= 0.3 is 0 Å². The number of hydrogen-bond donors (Lipinski definition) is 0. The summed E-state index contributed by atoms with van der Waals surface area (Å²) in [5.74, 6) is 0. The Morgan fingerprint density at radius 2 is 1.90 bits per heavy atom. The summed E-state index contributed by atoms with van der Waals surface area (Å²) in [6.45, 7) is 5.18. The van der Waals surface area contributed by atoms with Gasteiger partial charge in [0.25, 0.3) is 0 Å². The van der Waals surface area contributed by atoms with Crippen molar-refractivity contribution in [3.05, 3.63) is 0 Å². The van der Waals surface area contributed by atoms with Crippen molar-refractivity contribution in [1.29, 1.82) is 0 Å². The molecule has 0 atom stereocenters. The molecule has 0 rings (SSSR count). The van der Waals surface area contributed by atoms with Crippen molar-refractivity contribution >= 4 is 9.76 Å². The van der Waals surface area contributed by atoms with Gasteiger partial charge in [0.05, 0.1) is 0 Å². The Kier molecular flexibility index (Phi) is 9.34. The van der Waals surface area contributed by atoms with E-state index in [1.165, 1.54) is 31.7 Å². The molecule has 0 spiro atoms. The minimum atomic E-state index is 0.744. The zero-order valence-corrected chi connectivity index (χ0v) is 8.15. The maximum atomic E-state index is 5.24. The van der Waals surface area contributed by atoms with E-state index >= 15 is 0 Å². The molecule has 2 radical (unpaired) electrons. The molecule has 0 heterocycles. The maximum absolute atomic E-state index is 5.24. The van der Waals surface area contributed by atoms with Crippen LogP contribution in [0.3, 0.4) is 0 Å². The molecular weight excluding hydrogens is 140 g/mol. The van der Waals surface area contributed by atoms with Gasteiger partial charge in [0.1, 0.15) is 0 Å². The van der Waals surface area contributed by atoms with Gasteiger partial charge in [-0.2, -0.15) is 0 Å². The summed E-state index contributed by atoms with van der Waals surface area (Å²) in [7, 11) is 0.744. The predicted octanol–water partition coefficient (Wildman–Crippen LogP) is 2.64. The van der Waals surface area contributed by atoms with E-state index in [9.17, 15) is 0 Å². The molecule has 0 aliphatic rings. The van der Waals surface area contributed by atoms with Crippen molar-refractivity contribution in [2.24, 2.45) is 0 Å². The fourth-order valence-corrected chi connectivity index (χ4v) is 1.54. The summed E-state index contributed by atoms with van der Waals surface area (Å²) in [5, 5.41) is 0. The second-order valence-corrected chi connectivity index (χ2v) is 3.47. The first-order chi connectivity index (χ1) is 4.91. The first-order valence-corrected chi connectivity index (χ1v) is 5.38. The largest absolute Gasteiger partial charge is 0.418 e. The van der Waals surface area contributed by atoms with E-state index in [1.54, 1.807) is 0 Å². The van der Waals surface area contributed by atoms with Gasteiger partial charge < -0.3 is 4.43 Å². The molecule has 0 fully saturated rings. The van der Waals surface area contributed by atoms with Gasteiger partial charge in [0.15, 0.2) is 0 Å². The van der Waals surface area contributed by atoms with Gasteiger partial charge in [-0.15, -0.1) is 0 Å². The molecule has 0 unspecified atom stereocenters. The fourth-order valence-electron chi connectivity index (χ4n) is 0.798. The highest BCUT2D eigenvalue weighted by atomic mass is 28.2. The van der Waals surface area contributed by atoms with Crippen LogP contribution in [0, 0.1) is 0 Å². The van der Waals surface area contributed by atoms with Gasteiger partial charge in [-0.1, -0.05) is 32.6 Å². The highest BCUT2D eigenvalue weighted by Gasteiger charge is 1.89. The van der Waals surface area contributed by atoms with E-state index in [0.29, 0.717) is 0 Å². The average molecular weight is 158 g/mol. The van der Waals surface area contributed by atoms with E-state index in [-0.39, 0.29) is 0 Å². The molecule has 0 saturated carbocycles. The molecular formula is C8H18OSi. The monoisotopic (exact) mass is 158 g/mol. The highest BCUT2D eigenvalue weighted by Crippen LogP contribution is 2.01. The van der Waals surface area contributed by atoms with Crippen LogP contribution < -0.4 is 0 Å². The third-order valence-corrected chi connectivity index (χ3v) is 2.43. The lowest BCUT2D eigenvalue weighted by Crippen LogP contribution is -1.96. The van der Waals surface area contributed by atoms with Crippen LogP contribution >= 0.6 is 0 Å². The Labute approximate surface area is 67.1 Å². The first-order valence-electron chi connectivity index (χ1n) is 4.26. The van der Waals surface area contributed by atoms with Gasteiger partial charge in [-0.3, -0.25) is 0 Å². The van der Waals surface area contributed by atoms with Gasteiger partial charge in [0, 0.05) is 6.61 Å². The predicted molar refractivity (Wildman–Crippen MR) is 46.3 cm³/mol. The standard InChI is InChI=1S/C8H18OSi/c1-3-5-6-7-8-10-9-4-2/h3-8H2,1-2H3. The molecule has 0 aliphatic carbocycles. The van der Waals surface area contributed by atoms with Crippen molar-refractivity contribution in [1.82, 2.24) is 0 Å². The summed E-state index contributed by atoms with van der Waals surface area (Å²) in [5.41, 5.74) is 0. The van der Waals surface area contributed by atoms with E-state index in [0.717, 1.165) is 16.4 Å². The summed E-state index contributed by atoms with van der Waals surface area (Å²) in [6.07, 6.45) is 5.46. The van der Waals surface area contributed by atoms with Crippen LogP contribution in [-0.4, -0.2) is 16.4 Å². The van der Waals surface area contributed by atoms with Gasteiger partial charge in [-0.05, 0) is 13.0 Å². The first kappa shape index (κ1) is 10.2. The molecule has 0 aliphatic heterocycles. The lowest BCUT2D eigenvalue weighted by atomic mass is 10.2. The van der Waals surface area contributed by atoms with Crippen LogP contribution in [0.25, 0.3) is 0 Å². The number of unbranched alkanes of at least 4 members (excludes halogenated alkanes) is 3.